The molecular formula is C35H30Cl2N6O3S. The monoisotopic (exact) mass is 684 g/mol. The third-order valence-electron chi connectivity index (χ3n) is 8.05. The first-order valence-electron chi connectivity index (χ1n) is 15.3. The van der Waals surface area contributed by atoms with Gasteiger partial charge in [-0.25, -0.2) is 4.79 Å². The molecule has 5 aromatic rings. The number of amides is 2. The van der Waals surface area contributed by atoms with Crippen molar-refractivity contribution in [2.75, 3.05) is 5.32 Å². The number of hydrogen-bond acceptors (Lipinski definition) is 7. The SMILES string of the molecule is O=C(Nc1ccccc1Cl)N[C@H](CCC(=O)OCc1ccccc1)c1nnc2n1-c1sc(C3CC3)cc1C(c1ccccc1Cl)=NC2. The summed E-state index contributed by atoms with van der Waals surface area (Å²) in [6.45, 7) is 0.418. The maximum absolute atomic E-state index is 13.4. The largest absolute Gasteiger partial charge is 0.461 e. The molecule has 2 amide bonds. The smallest absolute Gasteiger partial charge is 0.319 e. The lowest BCUT2D eigenvalue weighted by molar-refractivity contribution is -0.145. The van der Waals surface area contributed by atoms with Gasteiger partial charge < -0.3 is 15.4 Å². The van der Waals surface area contributed by atoms with Crippen LogP contribution in [-0.4, -0.2) is 32.5 Å². The molecule has 238 valence electrons. The number of aliphatic imine (C=N–C) groups is 1. The van der Waals surface area contributed by atoms with Crippen LogP contribution in [0.5, 0.6) is 0 Å². The third kappa shape index (κ3) is 6.95. The zero-order valence-electron chi connectivity index (χ0n) is 25.2. The molecule has 0 saturated heterocycles. The number of aromatic nitrogens is 3. The van der Waals surface area contributed by atoms with E-state index in [0.29, 0.717) is 33.3 Å². The van der Waals surface area contributed by atoms with Gasteiger partial charge in [-0.3, -0.25) is 14.4 Å². The van der Waals surface area contributed by atoms with Crippen LogP contribution in [0.3, 0.4) is 0 Å². The lowest BCUT2D eigenvalue weighted by Gasteiger charge is -2.20. The number of nitrogens with zero attached hydrogens (tertiary/aromatic N) is 4. The van der Waals surface area contributed by atoms with Crippen molar-refractivity contribution in [1.29, 1.82) is 0 Å². The predicted octanol–water partition coefficient (Wildman–Crippen LogP) is 8.25. The fourth-order valence-electron chi connectivity index (χ4n) is 5.52. The highest BCUT2D eigenvalue weighted by Gasteiger charge is 2.33. The van der Waals surface area contributed by atoms with E-state index in [4.69, 9.17) is 32.9 Å². The highest BCUT2D eigenvalue weighted by Crippen LogP contribution is 2.47. The van der Waals surface area contributed by atoms with Crippen molar-refractivity contribution in [3.8, 4) is 5.00 Å². The summed E-state index contributed by atoms with van der Waals surface area (Å²) in [7, 11) is 0. The fourth-order valence-corrected chi connectivity index (χ4v) is 7.29. The van der Waals surface area contributed by atoms with Gasteiger partial charge in [0, 0.05) is 27.4 Å². The molecule has 1 aliphatic carbocycles. The lowest BCUT2D eigenvalue weighted by atomic mass is 10.0. The van der Waals surface area contributed by atoms with Gasteiger partial charge in [0.25, 0.3) is 0 Å². The van der Waals surface area contributed by atoms with Gasteiger partial charge in [-0.05, 0) is 55.0 Å². The normalized spacial score (nSPS) is 14.3. The molecule has 12 heteroatoms. The predicted molar refractivity (Wildman–Crippen MR) is 184 cm³/mol. The maximum atomic E-state index is 13.4. The van der Waals surface area contributed by atoms with E-state index in [1.54, 1.807) is 35.6 Å². The van der Waals surface area contributed by atoms with E-state index in [0.717, 1.165) is 40.2 Å². The molecule has 3 aromatic carbocycles. The van der Waals surface area contributed by atoms with Crippen LogP contribution in [0.2, 0.25) is 10.0 Å². The van der Waals surface area contributed by atoms with Gasteiger partial charge in [-0.2, -0.15) is 0 Å². The van der Waals surface area contributed by atoms with E-state index in [1.165, 1.54) is 4.88 Å². The van der Waals surface area contributed by atoms with Crippen LogP contribution in [0, 0.1) is 0 Å². The minimum Gasteiger partial charge on any atom is -0.461 e. The Labute approximate surface area is 285 Å². The average molecular weight is 686 g/mol. The Morgan fingerprint density at radius 1 is 0.936 bits per heavy atom. The van der Waals surface area contributed by atoms with E-state index in [-0.39, 0.29) is 32.0 Å². The topological polar surface area (TPSA) is 111 Å². The van der Waals surface area contributed by atoms with E-state index < -0.39 is 12.1 Å². The second-order valence-corrected chi connectivity index (χ2v) is 13.3. The summed E-state index contributed by atoms with van der Waals surface area (Å²) in [6, 6.07) is 25.2. The molecule has 0 bridgehead atoms. The van der Waals surface area contributed by atoms with Crippen molar-refractivity contribution in [3.63, 3.8) is 0 Å². The van der Waals surface area contributed by atoms with Crippen molar-refractivity contribution in [2.45, 2.75) is 50.8 Å². The van der Waals surface area contributed by atoms with Crippen LogP contribution in [0.25, 0.3) is 5.00 Å². The highest BCUT2D eigenvalue weighted by molar-refractivity contribution is 7.15. The number of esters is 1. The van der Waals surface area contributed by atoms with Crippen LogP contribution >= 0.6 is 34.5 Å². The molecule has 2 aromatic heterocycles. The zero-order valence-corrected chi connectivity index (χ0v) is 27.5. The number of ether oxygens (including phenoxy) is 1. The summed E-state index contributed by atoms with van der Waals surface area (Å²) >= 11 is 14.7. The molecule has 1 fully saturated rings. The van der Waals surface area contributed by atoms with Gasteiger partial charge in [-0.15, -0.1) is 21.5 Å². The first-order valence-corrected chi connectivity index (χ1v) is 16.9. The standard InChI is InChI=1S/C35H30Cl2N6O3S/c36-25-11-5-4-10-23(25)32-24-18-29(22-14-15-22)47-34(24)43-30(19-38-32)41-42-33(43)28(40-35(45)39-27-13-7-6-12-26(27)37)16-17-31(44)46-20-21-8-2-1-3-9-21/h1-13,18,22,28H,14-17,19-20H2,(H2,39,40,45)/t28-/m1/s1. The lowest BCUT2D eigenvalue weighted by Crippen LogP contribution is -2.34. The number of benzene rings is 3. The summed E-state index contributed by atoms with van der Waals surface area (Å²) in [6.07, 6.45) is 2.53. The van der Waals surface area contributed by atoms with Gasteiger partial charge in [-0.1, -0.05) is 83.9 Å². The summed E-state index contributed by atoms with van der Waals surface area (Å²) < 4.78 is 7.54. The molecule has 47 heavy (non-hydrogen) atoms. The van der Waals surface area contributed by atoms with Crippen LogP contribution in [-0.2, 0) is 22.7 Å². The van der Waals surface area contributed by atoms with Crippen LogP contribution in [0.1, 0.15) is 70.9 Å². The van der Waals surface area contributed by atoms with Gasteiger partial charge in [0.05, 0.1) is 22.5 Å². The number of carbonyl (C=O) groups is 2. The minimum atomic E-state index is -0.704. The highest BCUT2D eigenvalue weighted by atomic mass is 35.5. The molecule has 1 aliphatic heterocycles. The van der Waals surface area contributed by atoms with E-state index in [2.05, 4.69) is 26.9 Å². The first-order chi connectivity index (χ1) is 22.9. The molecule has 9 nitrogen and oxygen atoms in total. The summed E-state index contributed by atoms with van der Waals surface area (Å²) in [4.78, 5) is 32.6. The quantitative estimate of drug-likeness (QED) is 0.144. The number of rotatable bonds is 10. The fraction of sp³-hybridized carbons (Fsp3) is 0.229. The van der Waals surface area contributed by atoms with Gasteiger partial charge >= 0.3 is 12.0 Å². The van der Waals surface area contributed by atoms with Crippen molar-refractivity contribution in [1.82, 2.24) is 20.1 Å². The Balaban J connectivity index is 1.21. The van der Waals surface area contributed by atoms with Crippen molar-refractivity contribution in [2.24, 2.45) is 4.99 Å². The van der Waals surface area contributed by atoms with Gasteiger partial charge in [0.1, 0.15) is 18.2 Å². The number of para-hydroxylation sites is 1. The van der Waals surface area contributed by atoms with E-state index in [9.17, 15) is 9.59 Å². The van der Waals surface area contributed by atoms with Crippen molar-refractivity contribution < 1.29 is 14.3 Å². The number of nitrogens with one attached hydrogen (secondary N) is 2. The molecule has 1 saturated carbocycles. The third-order valence-corrected chi connectivity index (χ3v) is 9.99. The number of halogens is 2. The first kappa shape index (κ1) is 31.1. The number of anilines is 1. The molecule has 0 unspecified atom stereocenters. The molecule has 2 aliphatic rings. The average Bonchev–Trinajstić information content (AvgIpc) is 3.75. The number of thiophene rings is 1. The van der Waals surface area contributed by atoms with E-state index >= 15 is 0 Å². The Bertz CT molecular complexity index is 1970. The van der Waals surface area contributed by atoms with Crippen molar-refractivity contribution in [3.05, 3.63) is 128 Å². The Morgan fingerprint density at radius 2 is 1.68 bits per heavy atom. The number of hydrogen-bond donors (Lipinski definition) is 2. The molecule has 7 rings (SSSR count). The number of fused-ring (bicyclic) bond motifs is 3. The summed E-state index contributed by atoms with van der Waals surface area (Å²) in [5, 5.41) is 16.9. The van der Waals surface area contributed by atoms with Gasteiger partial charge in [0.2, 0.25) is 0 Å². The molecule has 1 atom stereocenters. The second-order valence-electron chi connectivity index (χ2n) is 11.4. The molecule has 0 radical (unpaired) electrons. The van der Waals surface area contributed by atoms with Crippen molar-refractivity contribution >= 4 is 57.9 Å². The number of carbonyl (C=O) groups excluding carboxylic acids is 2. The zero-order chi connectivity index (χ0) is 32.3. The maximum Gasteiger partial charge on any atom is 0.319 e. The van der Waals surface area contributed by atoms with Crippen LogP contribution < -0.4 is 10.6 Å². The van der Waals surface area contributed by atoms with Crippen LogP contribution in [0.4, 0.5) is 10.5 Å². The molecule has 3 heterocycles. The minimum absolute atomic E-state index is 0.0397. The summed E-state index contributed by atoms with van der Waals surface area (Å²) in [5.41, 5.74) is 3.91. The number of urea groups is 1. The van der Waals surface area contributed by atoms with Crippen LogP contribution in [0.15, 0.2) is 89.9 Å². The second kappa shape index (κ2) is 13.7. The Morgan fingerprint density at radius 3 is 2.45 bits per heavy atom. The Kier molecular flexibility index (Phi) is 9.06. The molecule has 0 spiro atoms. The Hall–Kier alpha value is -4.51. The molecular weight excluding hydrogens is 655 g/mol. The molecule has 2 N–H and O–H groups in total. The summed E-state index contributed by atoms with van der Waals surface area (Å²) in [5.74, 6) is 1.22. The van der Waals surface area contributed by atoms with Gasteiger partial charge in [0.15, 0.2) is 11.6 Å². The van der Waals surface area contributed by atoms with E-state index in [1.807, 2.05) is 59.2 Å².